The van der Waals surface area contributed by atoms with Crippen LogP contribution in [0.2, 0.25) is 5.22 Å². The third kappa shape index (κ3) is 4.11. The number of amides is 2. The van der Waals surface area contributed by atoms with Gasteiger partial charge >= 0.3 is 0 Å². The summed E-state index contributed by atoms with van der Waals surface area (Å²) in [6.45, 7) is 1.80. The SMILES string of the molecule is Cc1cc(Br)ccc1NC(=O)CN(C)C(=O)c1ccc(Cl)o1. The number of rotatable bonds is 4. The highest BCUT2D eigenvalue weighted by Crippen LogP contribution is 2.20. The molecule has 2 amide bonds. The van der Waals surface area contributed by atoms with Gasteiger partial charge in [0.2, 0.25) is 5.91 Å². The minimum Gasteiger partial charge on any atom is -0.440 e. The van der Waals surface area contributed by atoms with Crippen molar-refractivity contribution >= 4 is 45.0 Å². The smallest absolute Gasteiger partial charge is 0.289 e. The summed E-state index contributed by atoms with van der Waals surface area (Å²) in [5.74, 6) is -0.603. The number of anilines is 1. The Bertz CT molecular complexity index is 715. The molecule has 0 spiro atoms. The minimum absolute atomic E-state index is 0.0906. The predicted molar refractivity (Wildman–Crippen MR) is 88.2 cm³/mol. The van der Waals surface area contributed by atoms with Crippen molar-refractivity contribution in [3.8, 4) is 0 Å². The van der Waals surface area contributed by atoms with E-state index in [2.05, 4.69) is 21.2 Å². The van der Waals surface area contributed by atoms with Crippen LogP contribution in [-0.2, 0) is 4.79 Å². The molecule has 22 heavy (non-hydrogen) atoms. The summed E-state index contributed by atoms with van der Waals surface area (Å²) in [5, 5.41) is 2.90. The lowest BCUT2D eigenvalue weighted by atomic mass is 10.2. The molecule has 0 saturated heterocycles. The molecule has 0 radical (unpaired) electrons. The summed E-state index contributed by atoms with van der Waals surface area (Å²) in [6.07, 6.45) is 0. The second-order valence-electron chi connectivity index (χ2n) is 4.77. The van der Waals surface area contributed by atoms with E-state index in [0.717, 1.165) is 10.0 Å². The fourth-order valence-corrected chi connectivity index (χ4v) is 2.48. The summed E-state index contributed by atoms with van der Waals surface area (Å²) in [5.41, 5.74) is 1.63. The standard InChI is InChI=1S/C15H14BrClN2O3/c1-9-7-10(16)3-4-11(9)18-14(20)8-19(2)15(21)12-5-6-13(17)22-12/h3-7H,8H2,1-2H3,(H,18,20). The lowest BCUT2D eigenvalue weighted by molar-refractivity contribution is -0.116. The average Bonchev–Trinajstić information content (AvgIpc) is 2.87. The first-order valence-electron chi connectivity index (χ1n) is 6.43. The van der Waals surface area contributed by atoms with Crippen LogP contribution in [-0.4, -0.2) is 30.3 Å². The maximum absolute atomic E-state index is 12.0. The second-order valence-corrected chi connectivity index (χ2v) is 6.06. The van der Waals surface area contributed by atoms with E-state index in [-0.39, 0.29) is 23.4 Å². The number of nitrogens with zero attached hydrogens (tertiary/aromatic N) is 1. The molecule has 2 aromatic rings. The van der Waals surface area contributed by atoms with E-state index in [4.69, 9.17) is 16.0 Å². The molecule has 0 unspecified atom stereocenters. The predicted octanol–water partition coefficient (Wildman–Crippen LogP) is 3.71. The first kappa shape index (κ1) is 16.6. The van der Waals surface area contributed by atoms with Gasteiger partial charge in [-0.15, -0.1) is 0 Å². The number of likely N-dealkylation sites (N-methyl/N-ethyl adjacent to an activating group) is 1. The molecule has 0 aliphatic carbocycles. The summed E-state index contributed by atoms with van der Waals surface area (Å²) in [7, 11) is 1.52. The van der Waals surface area contributed by atoms with Gasteiger partial charge in [0.05, 0.1) is 6.54 Å². The van der Waals surface area contributed by atoms with Crippen LogP contribution in [0.4, 0.5) is 5.69 Å². The number of hydrogen-bond donors (Lipinski definition) is 1. The van der Waals surface area contributed by atoms with Crippen molar-refractivity contribution < 1.29 is 14.0 Å². The van der Waals surface area contributed by atoms with Crippen molar-refractivity contribution in [1.29, 1.82) is 0 Å². The molecule has 0 saturated carbocycles. The normalized spacial score (nSPS) is 10.4. The molecule has 1 aromatic carbocycles. The van der Waals surface area contributed by atoms with Crippen LogP contribution in [0.25, 0.3) is 0 Å². The molecule has 0 atom stereocenters. The van der Waals surface area contributed by atoms with E-state index in [0.29, 0.717) is 5.69 Å². The Morgan fingerprint density at radius 3 is 2.64 bits per heavy atom. The van der Waals surface area contributed by atoms with Gasteiger partial charge in [-0.3, -0.25) is 9.59 Å². The van der Waals surface area contributed by atoms with Gasteiger partial charge in [-0.1, -0.05) is 15.9 Å². The quantitative estimate of drug-likeness (QED) is 0.872. The third-order valence-corrected chi connectivity index (χ3v) is 3.67. The zero-order valence-electron chi connectivity index (χ0n) is 12.0. The summed E-state index contributed by atoms with van der Waals surface area (Å²) in [6, 6.07) is 8.48. The Morgan fingerprint density at radius 2 is 2.05 bits per heavy atom. The molecule has 0 aliphatic rings. The van der Waals surface area contributed by atoms with Gasteiger partial charge in [0, 0.05) is 17.2 Å². The fraction of sp³-hybridized carbons (Fsp3) is 0.200. The van der Waals surface area contributed by atoms with Crippen molar-refractivity contribution in [3.05, 3.63) is 51.3 Å². The van der Waals surface area contributed by atoms with Crippen LogP contribution in [0.3, 0.4) is 0 Å². The topological polar surface area (TPSA) is 62.6 Å². The van der Waals surface area contributed by atoms with E-state index >= 15 is 0 Å². The Morgan fingerprint density at radius 1 is 1.32 bits per heavy atom. The highest BCUT2D eigenvalue weighted by molar-refractivity contribution is 9.10. The monoisotopic (exact) mass is 384 g/mol. The first-order chi connectivity index (χ1) is 10.4. The number of hydrogen-bond acceptors (Lipinski definition) is 3. The molecule has 1 aromatic heterocycles. The zero-order chi connectivity index (χ0) is 16.3. The Kier molecular flexibility index (Phi) is 5.26. The second kappa shape index (κ2) is 6.98. The molecule has 0 bridgehead atoms. The zero-order valence-corrected chi connectivity index (χ0v) is 14.4. The molecule has 116 valence electrons. The Hall–Kier alpha value is -1.79. The van der Waals surface area contributed by atoms with Crippen molar-refractivity contribution in [1.82, 2.24) is 4.90 Å². The van der Waals surface area contributed by atoms with Crippen LogP contribution >= 0.6 is 27.5 Å². The average molecular weight is 386 g/mol. The van der Waals surface area contributed by atoms with Crippen molar-refractivity contribution in [2.45, 2.75) is 6.92 Å². The van der Waals surface area contributed by atoms with Gasteiger partial charge in [-0.2, -0.15) is 0 Å². The van der Waals surface area contributed by atoms with Crippen molar-refractivity contribution in [2.24, 2.45) is 0 Å². The van der Waals surface area contributed by atoms with Gasteiger partial charge in [-0.05, 0) is 54.4 Å². The molecule has 1 N–H and O–H groups in total. The van der Waals surface area contributed by atoms with E-state index in [1.54, 1.807) is 6.07 Å². The molecule has 0 aliphatic heterocycles. The van der Waals surface area contributed by atoms with Gasteiger partial charge in [0.1, 0.15) is 0 Å². The summed E-state index contributed by atoms with van der Waals surface area (Å²) >= 11 is 8.99. The van der Waals surface area contributed by atoms with Crippen LogP contribution in [0.1, 0.15) is 16.1 Å². The summed E-state index contributed by atoms with van der Waals surface area (Å²) < 4.78 is 5.97. The third-order valence-electron chi connectivity index (χ3n) is 2.97. The minimum atomic E-state index is -0.408. The number of carbonyl (C=O) groups excluding carboxylic acids is 2. The van der Waals surface area contributed by atoms with Gasteiger partial charge < -0.3 is 14.6 Å². The van der Waals surface area contributed by atoms with Crippen LogP contribution < -0.4 is 5.32 Å². The van der Waals surface area contributed by atoms with E-state index < -0.39 is 5.91 Å². The molecule has 5 nitrogen and oxygen atoms in total. The highest BCUT2D eigenvalue weighted by Gasteiger charge is 2.18. The summed E-state index contributed by atoms with van der Waals surface area (Å²) in [4.78, 5) is 25.3. The Labute approximate surface area is 141 Å². The lowest BCUT2D eigenvalue weighted by Gasteiger charge is -2.16. The number of aryl methyl sites for hydroxylation is 1. The molecule has 7 heteroatoms. The molecular weight excluding hydrogens is 372 g/mol. The van der Waals surface area contributed by atoms with Gasteiger partial charge in [0.15, 0.2) is 11.0 Å². The van der Waals surface area contributed by atoms with E-state index in [1.165, 1.54) is 24.1 Å². The number of benzene rings is 1. The molecule has 2 rings (SSSR count). The molecular formula is C15H14BrClN2O3. The first-order valence-corrected chi connectivity index (χ1v) is 7.60. The van der Waals surface area contributed by atoms with Gasteiger partial charge in [-0.25, -0.2) is 0 Å². The van der Waals surface area contributed by atoms with Crippen molar-refractivity contribution in [3.63, 3.8) is 0 Å². The fourth-order valence-electron chi connectivity index (χ4n) is 1.86. The number of carbonyl (C=O) groups is 2. The van der Waals surface area contributed by atoms with Crippen molar-refractivity contribution in [2.75, 3.05) is 18.9 Å². The number of furan rings is 1. The lowest BCUT2D eigenvalue weighted by Crippen LogP contribution is -2.34. The molecule has 0 fully saturated rings. The van der Waals surface area contributed by atoms with E-state index in [1.807, 2.05) is 19.1 Å². The maximum atomic E-state index is 12.0. The number of nitrogens with one attached hydrogen (secondary N) is 1. The van der Waals surface area contributed by atoms with Crippen LogP contribution in [0.5, 0.6) is 0 Å². The maximum Gasteiger partial charge on any atom is 0.289 e. The van der Waals surface area contributed by atoms with Gasteiger partial charge in [0.25, 0.3) is 5.91 Å². The number of halogens is 2. The van der Waals surface area contributed by atoms with Crippen LogP contribution in [0, 0.1) is 6.92 Å². The Balaban J connectivity index is 1.98. The molecule has 1 heterocycles. The largest absolute Gasteiger partial charge is 0.440 e. The van der Waals surface area contributed by atoms with Crippen LogP contribution in [0.15, 0.2) is 39.2 Å². The van der Waals surface area contributed by atoms with E-state index in [9.17, 15) is 9.59 Å². The highest BCUT2D eigenvalue weighted by atomic mass is 79.9.